The summed E-state index contributed by atoms with van der Waals surface area (Å²) in [6, 6.07) is 0. The van der Waals surface area contributed by atoms with Gasteiger partial charge >= 0.3 is 0 Å². The molecule has 1 radical (unpaired) electrons. The van der Waals surface area contributed by atoms with Crippen LogP contribution < -0.4 is 5.43 Å². The third-order valence-electron chi connectivity index (χ3n) is 1.21. The Morgan fingerprint density at radius 3 is 2.22 bits per heavy atom. The molecule has 0 aliphatic carbocycles. The highest BCUT2D eigenvalue weighted by Crippen LogP contribution is 2.11. The smallest absolute Gasteiger partial charge is 0.164 e. The van der Waals surface area contributed by atoms with Gasteiger partial charge in [-0.25, -0.2) is 0 Å². The van der Waals surface area contributed by atoms with E-state index in [0.717, 1.165) is 17.2 Å². The summed E-state index contributed by atoms with van der Waals surface area (Å²) < 4.78 is 4.99. The molecule has 0 bridgehead atoms. The first-order valence-corrected chi connectivity index (χ1v) is 2.76. The van der Waals surface area contributed by atoms with Crippen molar-refractivity contribution in [3.05, 3.63) is 11.5 Å². The van der Waals surface area contributed by atoms with Gasteiger partial charge in [0.25, 0.3) is 0 Å². The average Bonchev–Trinajstić information content (AvgIpc) is 2.12. The lowest BCUT2D eigenvalue weighted by atomic mass is 10.3. The highest BCUT2D eigenvalue weighted by molar-refractivity contribution is 5.98. The molecule has 1 aliphatic rings. The topological polar surface area (TPSA) is 35.7 Å². The van der Waals surface area contributed by atoms with Crippen molar-refractivity contribution in [2.45, 2.75) is 13.8 Å². The molecule has 1 aliphatic heterocycles. The van der Waals surface area contributed by atoms with Crippen LogP contribution in [0.1, 0.15) is 13.8 Å². The van der Waals surface area contributed by atoms with Crippen molar-refractivity contribution < 1.29 is 4.74 Å². The number of methoxy groups -OCH3 is 1. The number of allylic oxidation sites excluding steroid dienone is 2. The molecule has 1 heterocycles. The lowest BCUT2D eigenvalue weighted by molar-refractivity contribution is 0.311. The summed E-state index contributed by atoms with van der Waals surface area (Å²) in [5.74, 6) is 0.801. The predicted molar refractivity (Wildman–Crippen MR) is 35.0 cm³/mol. The Bertz CT molecular complexity index is 181. The van der Waals surface area contributed by atoms with Crippen LogP contribution in [0.25, 0.3) is 0 Å². The maximum atomic E-state index is 4.99. The fourth-order valence-corrected chi connectivity index (χ4v) is 0.798. The summed E-state index contributed by atoms with van der Waals surface area (Å²) in [7, 11) is 1.62. The zero-order chi connectivity index (χ0) is 6.85. The minimum Gasteiger partial charge on any atom is -0.493 e. The van der Waals surface area contributed by atoms with Crippen LogP contribution in [0.4, 0.5) is 0 Å². The average molecular weight is 125 g/mol. The molecule has 0 atom stereocenters. The van der Waals surface area contributed by atoms with Crippen molar-refractivity contribution >= 4 is 5.71 Å². The Hall–Kier alpha value is -0.990. The third kappa shape index (κ3) is 0.896. The second-order valence-corrected chi connectivity index (χ2v) is 1.90. The van der Waals surface area contributed by atoms with Gasteiger partial charge in [-0.3, -0.25) is 0 Å². The quantitative estimate of drug-likeness (QED) is 0.512. The molecule has 0 spiro atoms. The number of nitrogens with zero attached hydrogens (tertiary/aromatic N) is 2. The maximum Gasteiger partial charge on any atom is 0.164 e. The van der Waals surface area contributed by atoms with E-state index in [1.54, 1.807) is 7.11 Å². The summed E-state index contributed by atoms with van der Waals surface area (Å²) in [6.07, 6.45) is 0. The third-order valence-corrected chi connectivity index (χ3v) is 1.21. The Labute approximate surface area is 54.4 Å². The first-order chi connectivity index (χ1) is 4.25. The minimum absolute atomic E-state index is 0.801. The lowest BCUT2D eigenvalue weighted by Crippen LogP contribution is -1.96. The molecule has 9 heavy (non-hydrogen) atoms. The first-order valence-electron chi connectivity index (χ1n) is 2.76. The van der Waals surface area contributed by atoms with Gasteiger partial charge in [0.05, 0.1) is 7.11 Å². The highest BCUT2D eigenvalue weighted by atomic mass is 16.5. The summed E-state index contributed by atoms with van der Waals surface area (Å²) in [5.41, 5.74) is 5.52. The van der Waals surface area contributed by atoms with Crippen LogP contribution in [-0.4, -0.2) is 12.8 Å². The van der Waals surface area contributed by atoms with E-state index in [4.69, 9.17) is 4.74 Å². The Balaban J connectivity index is 2.83. The molecule has 0 aromatic rings. The van der Waals surface area contributed by atoms with Crippen molar-refractivity contribution in [1.82, 2.24) is 5.43 Å². The van der Waals surface area contributed by atoms with Crippen molar-refractivity contribution in [1.29, 1.82) is 0 Å². The molecule has 0 saturated heterocycles. The van der Waals surface area contributed by atoms with Gasteiger partial charge in [-0.1, -0.05) is 0 Å². The Morgan fingerprint density at radius 1 is 1.33 bits per heavy atom. The van der Waals surface area contributed by atoms with E-state index >= 15 is 0 Å². The van der Waals surface area contributed by atoms with Gasteiger partial charge in [0.2, 0.25) is 0 Å². The summed E-state index contributed by atoms with van der Waals surface area (Å²) in [6.45, 7) is 3.75. The van der Waals surface area contributed by atoms with Crippen LogP contribution in [0.15, 0.2) is 16.6 Å². The van der Waals surface area contributed by atoms with Crippen LogP contribution in [0.5, 0.6) is 0 Å². The normalized spacial score (nSPS) is 17.4. The van der Waals surface area contributed by atoms with Crippen LogP contribution >= 0.6 is 0 Å². The number of rotatable bonds is 1. The fraction of sp³-hybridized carbons (Fsp3) is 0.500. The van der Waals surface area contributed by atoms with Crippen LogP contribution in [-0.2, 0) is 4.74 Å². The van der Waals surface area contributed by atoms with Gasteiger partial charge in [-0.2, -0.15) is 10.5 Å². The lowest BCUT2D eigenvalue weighted by Gasteiger charge is -1.97. The van der Waals surface area contributed by atoms with E-state index < -0.39 is 0 Å². The van der Waals surface area contributed by atoms with E-state index in [2.05, 4.69) is 10.5 Å². The van der Waals surface area contributed by atoms with E-state index in [1.807, 2.05) is 13.8 Å². The van der Waals surface area contributed by atoms with Crippen molar-refractivity contribution in [3.63, 3.8) is 0 Å². The molecule has 0 N–H and O–H groups in total. The molecule has 0 aromatic heterocycles. The zero-order valence-electron chi connectivity index (χ0n) is 5.80. The molecule has 3 heteroatoms. The van der Waals surface area contributed by atoms with Gasteiger partial charge in [-0.05, 0) is 13.8 Å². The van der Waals surface area contributed by atoms with Gasteiger partial charge in [0, 0.05) is 0 Å². The van der Waals surface area contributed by atoms with Gasteiger partial charge in [0.15, 0.2) is 5.76 Å². The second-order valence-electron chi connectivity index (χ2n) is 1.90. The largest absolute Gasteiger partial charge is 0.493 e. The summed E-state index contributed by atoms with van der Waals surface area (Å²) in [5, 5.41) is 3.81. The Kier molecular flexibility index (Phi) is 1.42. The summed E-state index contributed by atoms with van der Waals surface area (Å²) in [4.78, 5) is 0. The molecular weight excluding hydrogens is 116 g/mol. The molecule has 1 rings (SSSR count). The first kappa shape index (κ1) is 6.13. The predicted octanol–water partition coefficient (Wildman–Crippen LogP) is 0.858. The molecule has 0 saturated carbocycles. The molecule has 0 aromatic carbocycles. The fourth-order valence-electron chi connectivity index (χ4n) is 0.798. The standard InChI is InChI=1S/C6H9N2O/c1-4-6(9-3)5(2)8-7-4/h1-3H3. The van der Waals surface area contributed by atoms with E-state index in [9.17, 15) is 0 Å². The van der Waals surface area contributed by atoms with Gasteiger partial charge < -0.3 is 4.74 Å². The summed E-state index contributed by atoms with van der Waals surface area (Å²) >= 11 is 0. The molecule has 0 fully saturated rings. The van der Waals surface area contributed by atoms with Crippen LogP contribution in [0.3, 0.4) is 0 Å². The number of ether oxygens (including phenoxy) is 1. The minimum atomic E-state index is 0.801. The Morgan fingerprint density at radius 2 is 2.00 bits per heavy atom. The second kappa shape index (κ2) is 2.09. The van der Waals surface area contributed by atoms with E-state index in [0.29, 0.717) is 0 Å². The van der Waals surface area contributed by atoms with Crippen molar-refractivity contribution in [2.75, 3.05) is 7.11 Å². The highest BCUT2D eigenvalue weighted by Gasteiger charge is 2.13. The number of hydrogen-bond donors (Lipinski definition) is 0. The van der Waals surface area contributed by atoms with Crippen LogP contribution in [0.2, 0.25) is 0 Å². The zero-order valence-corrected chi connectivity index (χ0v) is 5.80. The van der Waals surface area contributed by atoms with Crippen molar-refractivity contribution in [2.24, 2.45) is 5.10 Å². The molecule has 0 unspecified atom stereocenters. The maximum absolute atomic E-state index is 4.99. The van der Waals surface area contributed by atoms with Gasteiger partial charge in [0.1, 0.15) is 11.4 Å². The van der Waals surface area contributed by atoms with E-state index in [-0.39, 0.29) is 0 Å². The van der Waals surface area contributed by atoms with Gasteiger partial charge in [-0.15, -0.1) is 0 Å². The molecule has 0 amide bonds. The number of hydrogen-bond acceptors (Lipinski definition) is 2. The van der Waals surface area contributed by atoms with Crippen LogP contribution in [0, 0.1) is 0 Å². The SMILES string of the molecule is COC1=C(C)[N]N=C1C. The monoisotopic (exact) mass is 125 g/mol. The molecule has 3 nitrogen and oxygen atoms in total. The molecule has 49 valence electrons. The van der Waals surface area contributed by atoms with Crippen molar-refractivity contribution in [3.8, 4) is 0 Å². The molecular formula is C6H9N2O. The van der Waals surface area contributed by atoms with E-state index in [1.165, 1.54) is 0 Å².